The van der Waals surface area contributed by atoms with Crippen LogP contribution >= 0.6 is 12.2 Å². The highest BCUT2D eigenvalue weighted by atomic mass is 32.1. The maximum Gasteiger partial charge on any atom is 0.266 e. The maximum absolute atomic E-state index is 13.0. The molecule has 0 aliphatic carbocycles. The molecule has 1 aliphatic rings. The Labute approximate surface area is 179 Å². The van der Waals surface area contributed by atoms with Gasteiger partial charge < -0.3 is 8.98 Å². The van der Waals surface area contributed by atoms with E-state index in [1.54, 1.807) is 18.2 Å². The van der Waals surface area contributed by atoms with Gasteiger partial charge in [0.1, 0.15) is 11.3 Å². The largest absolute Gasteiger partial charge is 0.467 e. The Balaban J connectivity index is 1.70. The number of aromatic nitrogens is 1. The van der Waals surface area contributed by atoms with Gasteiger partial charge in [0.15, 0.2) is 5.11 Å². The molecule has 0 saturated carbocycles. The first-order valence-corrected chi connectivity index (χ1v) is 9.93. The lowest BCUT2D eigenvalue weighted by Crippen LogP contribution is -2.53. The number of nitrogens with zero attached hydrogens (tertiary/aromatic N) is 2. The highest BCUT2D eigenvalue weighted by Crippen LogP contribution is 2.25. The molecule has 4 rings (SSSR count). The predicted molar refractivity (Wildman–Crippen MR) is 118 cm³/mol. The first-order valence-electron chi connectivity index (χ1n) is 9.52. The Morgan fingerprint density at radius 3 is 2.50 bits per heavy atom. The topological polar surface area (TPSA) is 67.5 Å². The van der Waals surface area contributed by atoms with E-state index in [2.05, 4.69) is 22.0 Å². The Kier molecular flexibility index (Phi) is 5.13. The Bertz CT molecular complexity index is 1170. The summed E-state index contributed by atoms with van der Waals surface area (Å²) in [6, 6.07) is 13.7. The molecular formula is C23H21N3O3S. The monoisotopic (exact) mass is 419 g/mol. The number of hydrogen-bond acceptors (Lipinski definition) is 4. The van der Waals surface area contributed by atoms with Gasteiger partial charge in [-0.25, -0.2) is 0 Å². The number of carbonyl (C=O) groups is 2. The molecule has 1 N–H and O–H groups in total. The molecule has 1 aromatic carbocycles. The molecular weight excluding hydrogens is 398 g/mol. The van der Waals surface area contributed by atoms with E-state index in [0.717, 1.165) is 22.6 Å². The SMILES string of the molecule is Cc1ccc(-n2c(C)cc(/C=C3\C(=O)NC(=S)N(Cc4ccco4)C3=O)c2C)cc1. The number of benzene rings is 1. The van der Waals surface area contributed by atoms with Gasteiger partial charge in [-0.1, -0.05) is 17.7 Å². The first-order chi connectivity index (χ1) is 14.3. The molecule has 0 bridgehead atoms. The summed E-state index contributed by atoms with van der Waals surface area (Å²) < 4.78 is 7.42. The van der Waals surface area contributed by atoms with E-state index in [1.165, 1.54) is 16.7 Å². The lowest BCUT2D eigenvalue weighted by atomic mass is 10.1. The predicted octanol–water partition coefficient (Wildman–Crippen LogP) is 3.82. The minimum absolute atomic E-state index is 0.0410. The zero-order valence-electron chi connectivity index (χ0n) is 16.9. The lowest BCUT2D eigenvalue weighted by molar-refractivity contribution is -0.129. The van der Waals surface area contributed by atoms with Crippen LogP contribution in [-0.4, -0.2) is 26.4 Å². The summed E-state index contributed by atoms with van der Waals surface area (Å²) in [6.07, 6.45) is 3.16. The van der Waals surface area contributed by atoms with E-state index in [-0.39, 0.29) is 17.2 Å². The smallest absolute Gasteiger partial charge is 0.266 e. The van der Waals surface area contributed by atoms with Crippen molar-refractivity contribution < 1.29 is 14.0 Å². The van der Waals surface area contributed by atoms with Crippen molar-refractivity contribution in [2.24, 2.45) is 0 Å². The van der Waals surface area contributed by atoms with Crippen molar-refractivity contribution in [2.45, 2.75) is 27.3 Å². The van der Waals surface area contributed by atoms with Crippen molar-refractivity contribution >= 4 is 35.2 Å². The summed E-state index contributed by atoms with van der Waals surface area (Å²) in [7, 11) is 0. The van der Waals surface area contributed by atoms with E-state index in [4.69, 9.17) is 16.6 Å². The van der Waals surface area contributed by atoms with Gasteiger partial charge in [0.25, 0.3) is 11.8 Å². The number of rotatable bonds is 4. The quantitative estimate of drug-likeness (QED) is 0.397. The molecule has 2 amide bonds. The van der Waals surface area contributed by atoms with Crippen molar-refractivity contribution in [3.05, 3.63) is 82.6 Å². The molecule has 0 spiro atoms. The van der Waals surface area contributed by atoms with Crippen molar-refractivity contribution in [2.75, 3.05) is 0 Å². The second-order valence-electron chi connectivity index (χ2n) is 7.29. The number of carbonyl (C=O) groups excluding carboxylic acids is 2. The molecule has 1 saturated heterocycles. The van der Waals surface area contributed by atoms with Crippen LogP contribution in [0.3, 0.4) is 0 Å². The zero-order chi connectivity index (χ0) is 21.4. The average molecular weight is 420 g/mol. The molecule has 0 atom stereocenters. The normalized spacial score (nSPS) is 15.8. The number of hydrogen-bond donors (Lipinski definition) is 1. The third-order valence-electron chi connectivity index (χ3n) is 5.14. The Hall–Kier alpha value is -3.45. The fraction of sp³-hybridized carbons (Fsp3) is 0.174. The molecule has 0 radical (unpaired) electrons. The Morgan fingerprint density at radius 2 is 1.83 bits per heavy atom. The van der Waals surface area contributed by atoms with E-state index in [0.29, 0.717) is 5.76 Å². The van der Waals surface area contributed by atoms with Crippen LogP contribution in [0.1, 0.15) is 28.3 Å². The van der Waals surface area contributed by atoms with Gasteiger partial charge >= 0.3 is 0 Å². The molecule has 1 aliphatic heterocycles. The van der Waals surface area contributed by atoms with Crippen LogP contribution in [0.5, 0.6) is 0 Å². The summed E-state index contributed by atoms with van der Waals surface area (Å²) in [4.78, 5) is 26.9. The van der Waals surface area contributed by atoms with Crippen LogP contribution in [0.25, 0.3) is 11.8 Å². The van der Waals surface area contributed by atoms with Crippen LogP contribution < -0.4 is 5.32 Å². The second-order valence-corrected chi connectivity index (χ2v) is 7.67. The van der Waals surface area contributed by atoms with Crippen LogP contribution in [-0.2, 0) is 16.1 Å². The molecule has 3 heterocycles. The van der Waals surface area contributed by atoms with E-state index in [1.807, 2.05) is 39.0 Å². The van der Waals surface area contributed by atoms with Crippen molar-refractivity contribution in [3.8, 4) is 5.69 Å². The third-order valence-corrected chi connectivity index (χ3v) is 5.46. The van der Waals surface area contributed by atoms with Gasteiger partial charge in [-0.15, -0.1) is 0 Å². The average Bonchev–Trinajstić information content (AvgIpc) is 3.31. The summed E-state index contributed by atoms with van der Waals surface area (Å²) >= 11 is 5.20. The fourth-order valence-electron chi connectivity index (χ4n) is 3.58. The standard InChI is InChI=1S/C23H21N3O3S/c1-14-6-8-18(9-7-14)26-15(2)11-17(16(26)3)12-20-21(27)24-23(30)25(22(20)28)13-19-5-4-10-29-19/h4-12H,13H2,1-3H3,(H,24,27,30)/b20-12+. The summed E-state index contributed by atoms with van der Waals surface area (Å²) in [5, 5.41) is 2.68. The highest BCUT2D eigenvalue weighted by Gasteiger charge is 2.34. The number of amides is 2. The van der Waals surface area contributed by atoms with Crippen LogP contribution in [0, 0.1) is 20.8 Å². The minimum Gasteiger partial charge on any atom is -0.467 e. The van der Waals surface area contributed by atoms with Crippen molar-refractivity contribution in [3.63, 3.8) is 0 Å². The number of nitrogens with one attached hydrogen (secondary N) is 1. The van der Waals surface area contributed by atoms with Crippen molar-refractivity contribution in [1.29, 1.82) is 0 Å². The van der Waals surface area contributed by atoms with Gasteiger partial charge in [-0.2, -0.15) is 0 Å². The molecule has 3 aromatic rings. The fourth-order valence-corrected chi connectivity index (χ4v) is 3.82. The van der Waals surface area contributed by atoms with Gasteiger partial charge in [0, 0.05) is 17.1 Å². The van der Waals surface area contributed by atoms with Crippen molar-refractivity contribution in [1.82, 2.24) is 14.8 Å². The molecule has 2 aromatic heterocycles. The van der Waals surface area contributed by atoms with Crippen LogP contribution in [0.2, 0.25) is 0 Å². The second kappa shape index (κ2) is 7.76. The summed E-state index contributed by atoms with van der Waals surface area (Å²) in [5.74, 6) is -0.361. The zero-order valence-corrected chi connectivity index (χ0v) is 17.7. The van der Waals surface area contributed by atoms with Crippen LogP contribution in [0.15, 0.2) is 58.7 Å². The summed E-state index contributed by atoms with van der Waals surface area (Å²) in [5.41, 5.74) is 5.00. The number of aryl methyl sites for hydroxylation is 2. The van der Waals surface area contributed by atoms with Gasteiger partial charge in [-0.3, -0.25) is 19.8 Å². The van der Waals surface area contributed by atoms with E-state index < -0.39 is 11.8 Å². The number of thiocarbonyl (C=S) groups is 1. The molecule has 1 fully saturated rings. The summed E-state index contributed by atoms with van der Waals surface area (Å²) in [6.45, 7) is 6.16. The van der Waals surface area contributed by atoms with E-state index >= 15 is 0 Å². The van der Waals surface area contributed by atoms with Gasteiger partial charge in [0.2, 0.25) is 0 Å². The Morgan fingerprint density at radius 1 is 1.10 bits per heavy atom. The third kappa shape index (κ3) is 3.59. The lowest BCUT2D eigenvalue weighted by Gasteiger charge is -2.28. The molecule has 152 valence electrons. The molecule has 30 heavy (non-hydrogen) atoms. The molecule has 0 unspecified atom stereocenters. The van der Waals surface area contributed by atoms with Crippen LogP contribution in [0.4, 0.5) is 0 Å². The molecule has 6 nitrogen and oxygen atoms in total. The minimum atomic E-state index is -0.499. The van der Waals surface area contributed by atoms with Gasteiger partial charge in [0.05, 0.1) is 12.8 Å². The van der Waals surface area contributed by atoms with Gasteiger partial charge in [-0.05, 0) is 75.0 Å². The maximum atomic E-state index is 13.0. The molecule has 7 heteroatoms. The first kappa shape index (κ1) is 19.8. The highest BCUT2D eigenvalue weighted by molar-refractivity contribution is 7.80. The van der Waals surface area contributed by atoms with E-state index in [9.17, 15) is 9.59 Å². The number of furan rings is 1.